The normalized spacial score (nSPS) is 23.2. The fourth-order valence-corrected chi connectivity index (χ4v) is 3.15. The first-order valence-corrected chi connectivity index (χ1v) is 7.53. The number of oxime groups is 1. The molecular weight excluding hydrogens is 240 g/mol. The molecule has 0 radical (unpaired) electrons. The number of rotatable bonds is 8. The van der Waals surface area contributed by atoms with Crippen LogP contribution in [-0.4, -0.2) is 48.7 Å². The van der Waals surface area contributed by atoms with Gasteiger partial charge in [-0.15, -0.1) is 0 Å². The van der Waals surface area contributed by atoms with Crippen molar-refractivity contribution >= 4 is 5.84 Å². The maximum absolute atomic E-state index is 8.63. The quantitative estimate of drug-likeness (QED) is 0.204. The SMILES string of the molecule is CN(CCNCC1(CC(N)=NO)CC1)C1CCCC1. The van der Waals surface area contributed by atoms with Crippen LogP contribution < -0.4 is 11.1 Å². The molecule has 5 heteroatoms. The van der Waals surface area contributed by atoms with Crippen LogP contribution in [0, 0.1) is 5.41 Å². The second kappa shape index (κ2) is 6.57. The lowest BCUT2D eigenvalue weighted by molar-refractivity contribution is 0.243. The van der Waals surface area contributed by atoms with Gasteiger partial charge in [-0.2, -0.15) is 0 Å². The zero-order valence-electron chi connectivity index (χ0n) is 12.1. The molecule has 0 aromatic heterocycles. The number of nitrogens with one attached hydrogen (secondary N) is 1. The summed E-state index contributed by atoms with van der Waals surface area (Å²) in [6, 6.07) is 0.800. The van der Waals surface area contributed by atoms with Gasteiger partial charge in [-0.05, 0) is 38.1 Å². The molecule has 2 saturated carbocycles. The minimum Gasteiger partial charge on any atom is -0.409 e. The molecule has 0 spiro atoms. The predicted molar refractivity (Wildman–Crippen MR) is 77.4 cm³/mol. The van der Waals surface area contributed by atoms with E-state index < -0.39 is 0 Å². The van der Waals surface area contributed by atoms with Crippen molar-refractivity contribution in [1.82, 2.24) is 10.2 Å². The number of hydrogen-bond donors (Lipinski definition) is 3. The summed E-state index contributed by atoms with van der Waals surface area (Å²) in [4.78, 5) is 2.49. The highest BCUT2D eigenvalue weighted by molar-refractivity contribution is 5.80. The van der Waals surface area contributed by atoms with Crippen molar-refractivity contribution in [3.8, 4) is 0 Å². The maximum atomic E-state index is 8.63. The van der Waals surface area contributed by atoms with Crippen LogP contribution in [0.25, 0.3) is 0 Å². The molecule has 0 unspecified atom stereocenters. The predicted octanol–water partition coefficient (Wildman–Crippen LogP) is 1.37. The molecule has 0 saturated heterocycles. The third kappa shape index (κ3) is 4.35. The molecule has 2 fully saturated rings. The summed E-state index contributed by atoms with van der Waals surface area (Å²) >= 11 is 0. The molecule has 0 bridgehead atoms. The van der Waals surface area contributed by atoms with E-state index in [-0.39, 0.29) is 5.41 Å². The van der Waals surface area contributed by atoms with Crippen molar-refractivity contribution in [2.75, 3.05) is 26.7 Å². The van der Waals surface area contributed by atoms with E-state index >= 15 is 0 Å². The largest absolute Gasteiger partial charge is 0.409 e. The molecule has 19 heavy (non-hydrogen) atoms. The molecule has 0 heterocycles. The number of likely N-dealkylation sites (N-methyl/N-ethyl adjacent to an activating group) is 1. The topological polar surface area (TPSA) is 73.9 Å². The summed E-state index contributed by atoms with van der Waals surface area (Å²) in [5.74, 6) is 0.363. The molecule has 110 valence electrons. The molecule has 2 rings (SSSR count). The fourth-order valence-electron chi connectivity index (χ4n) is 3.15. The fraction of sp³-hybridized carbons (Fsp3) is 0.929. The maximum Gasteiger partial charge on any atom is 0.139 e. The van der Waals surface area contributed by atoms with E-state index in [1.807, 2.05) is 0 Å². The van der Waals surface area contributed by atoms with Gasteiger partial charge >= 0.3 is 0 Å². The molecule has 2 aliphatic rings. The Morgan fingerprint density at radius 3 is 2.68 bits per heavy atom. The van der Waals surface area contributed by atoms with Crippen LogP contribution in [0.3, 0.4) is 0 Å². The van der Waals surface area contributed by atoms with E-state index in [2.05, 4.69) is 22.4 Å². The van der Waals surface area contributed by atoms with E-state index in [9.17, 15) is 0 Å². The highest BCUT2D eigenvalue weighted by Crippen LogP contribution is 2.48. The van der Waals surface area contributed by atoms with Crippen molar-refractivity contribution in [3.63, 3.8) is 0 Å². The first-order valence-electron chi connectivity index (χ1n) is 7.53. The summed E-state index contributed by atoms with van der Waals surface area (Å²) < 4.78 is 0. The lowest BCUT2D eigenvalue weighted by Crippen LogP contribution is -2.37. The van der Waals surface area contributed by atoms with E-state index in [1.165, 1.54) is 38.5 Å². The summed E-state index contributed by atoms with van der Waals surface area (Å²) in [7, 11) is 2.24. The third-order valence-electron chi connectivity index (χ3n) is 4.73. The van der Waals surface area contributed by atoms with E-state index in [0.29, 0.717) is 5.84 Å². The lowest BCUT2D eigenvalue weighted by Gasteiger charge is -2.24. The second-order valence-electron chi connectivity index (χ2n) is 6.36. The number of amidine groups is 1. The van der Waals surface area contributed by atoms with Gasteiger partial charge in [-0.25, -0.2) is 0 Å². The molecule has 0 aliphatic heterocycles. The van der Waals surface area contributed by atoms with Gasteiger partial charge in [0.1, 0.15) is 5.84 Å². The Hall–Kier alpha value is -0.810. The van der Waals surface area contributed by atoms with Crippen LogP contribution in [-0.2, 0) is 0 Å². The van der Waals surface area contributed by atoms with E-state index in [1.54, 1.807) is 0 Å². The minimum absolute atomic E-state index is 0.266. The smallest absolute Gasteiger partial charge is 0.139 e. The van der Waals surface area contributed by atoms with Gasteiger partial charge in [-0.3, -0.25) is 0 Å². The van der Waals surface area contributed by atoms with Crippen LogP contribution in [0.4, 0.5) is 0 Å². The monoisotopic (exact) mass is 268 g/mol. The van der Waals surface area contributed by atoms with Crippen molar-refractivity contribution in [1.29, 1.82) is 0 Å². The Balaban J connectivity index is 1.59. The zero-order valence-corrected chi connectivity index (χ0v) is 12.1. The van der Waals surface area contributed by atoms with Gasteiger partial charge in [0, 0.05) is 32.1 Å². The average molecular weight is 268 g/mol. The Labute approximate surface area is 116 Å². The van der Waals surface area contributed by atoms with Gasteiger partial charge in [-0.1, -0.05) is 18.0 Å². The van der Waals surface area contributed by atoms with Gasteiger partial charge < -0.3 is 21.2 Å². The van der Waals surface area contributed by atoms with E-state index in [4.69, 9.17) is 10.9 Å². The van der Waals surface area contributed by atoms with Crippen molar-refractivity contribution in [3.05, 3.63) is 0 Å². The highest BCUT2D eigenvalue weighted by Gasteiger charge is 2.42. The summed E-state index contributed by atoms with van der Waals surface area (Å²) in [6.07, 6.45) is 8.61. The summed E-state index contributed by atoms with van der Waals surface area (Å²) in [5.41, 5.74) is 5.86. The summed E-state index contributed by atoms with van der Waals surface area (Å²) in [6.45, 7) is 3.14. The first-order chi connectivity index (χ1) is 9.15. The molecule has 0 amide bonds. The number of nitrogens with zero attached hydrogens (tertiary/aromatic N) is 2. The number of hydrogen-bond acceptors (Lipinski definition) is 4. The van der Waals surface area contributed by atoms with Gasteiger partial charge in [0.25, 0.3) is 0 Å². The number of nitrogens with two attached hydrogens (primary N) is 1. The Morgan fingerprint density at radius 1 is 1.42 bits per heavy atom. The van der Waals surface area contributed by atoms with Crippen LogP contribution in [0.2, 0.25) is 0 Å². The molecular formula is C14H28N4O. The van der Waals surface area contributed by atoms with Crippen molar-refractivity contribution < 1.29 is 5.21 Å². The second-order valence-corrected chi connectivity index (χ2v) is 6.36. The van der Waals surface area contributed by atoms with Crippen LogP contribution >= 0.6 is 0 Å². The molecule has 0 atom stereocenters. The van der Waals surface area contributed by atoms with E-state index in [0.717, 1.165) is 32.1 Å². The molecule has 4 N–H and O–H groups in total. The highest BCUT2D eigenvalue weighted by atomic mass is 16.4. The molecule has 5 nitrogen and oxygen atoms in total. The van der Waals surface area contributed by atoms with Crippen LogP contribution in [0.1, 0.15) is 44.9 Å². The lowest BCUT2D eigenvalue weighted by atomic mass is 10.0. The molecule has 0 aromatic rings. The molecule has 2 aliphatic carbocycles. The van der Waals surface area contributed by atoms with Gasteiger partial charge in [0.05, 0.1) is 0 Å². The Kier molecular flexibility index (Phi) is 5.05. The van der Waals surface area contributed by atoms with Gasteiger partial charge in [0.2, 0.25) is 0 Å². The van der Waals surface area contributed by atoms with Crippen molar-refractivity contribution in [2.45, 2.75) is 51.0 Å². The molecule has 0 aromatic carbocycles. The first kappa shape index (κ1) is 14.6. The van der Waals surface area contributed by atoms with Crippen LogP contribution in [0.15, 0.2) is 5.16 Å². The zero-order chi connectivity index (χ0) is 13.7. The third-order valence-corrected chi connectivity index (χ3v) is 4.73. The van der Waals surface area contributed by atoms with Crippen LogP contribution in [0.5, 0.6) is 0 Å². The summed E-state index contributed by atoms with van der Waals surface area (Å²) in [5, 5.41) is 15.2. The average Bonchev–Trinajstić information content (AvgIpc) is 2.94. The Bertz CT molecular complexity index is 309. The minimum atomic E-state index is 0.266. The van der Waals surface area contributed by atoms with Crippen molar-refractivity contribution in [2.24, 2.45) is 16.3 Å². The Morgan fingerprint density at radius 2 is 2.11 bits per heavy atom. The van der Waals surface area contributed by atoms with Gasteiger partial charge in [0.15, 0.2) is 0 Å². The standard InChI is InChI=1S/C14H28N4O/c1-18(12-4-2-3-5-12)9-8-16-11-14(6-7-14)10-13(15)17-19/h12,16,19H,2-11H2,1H3,(H2,15,17).